The fourth-order valence-electron chi connectivity index (χ4n) is 3.87. The van der Waals surface area contributed by atoms with Gasteiger partial charge in [0.2, 0.25) is 0 Å². The molecule has 1 heterocycles. The summed E-state index contributed by atoms with van der Waals surface area (Å²) < 4.78 is 5.12. The number of fused-ring (bicyclic) bond motifs is 1. The van der Waals surface area contributed by atoms with Gasteiger partial charge >= 0.3 is 0 Å². The number of amides is 1. The maximum Gasteiger partial charge on any atom is 0.266 e. The molecule has 29 heavy (non-hydrogen) atoms. The maximum atomic E-state index is 12.6. The molecule has 150 valence electrons. The average molecular weight is 389 g/mol. The Morgan fingerprint density at radius 2 is 1.97 bits per heavy atom. The normalized spacial score (nSPS) is 17.9. The Bertz CT molecular complexity index is 984. The lowest BCUT2D eigenvalue weighted by Crippen LogP contribution is -2.45. The molecule has 0 fully saturated rings. The van der Waals surface area contributed by atoms with Crippen molar-refractivity contribution in [1.29, 1.82) is 5.26 Å². The van der Waals surface area contributed by atoms with Gasteiger partial charge in [-0.1, -0.05) is 13.0 Å². The standard InChI is InChI=1S/C24H27N3O2/c1-16-14-24(2,3)27(4)22-11-6-17(13-21(16)22)12-18(15-25)23(28)26-19-7-9-20(29-5)10-8-19/h6-13,16H,14H2,1-5H3,(H,26,28)/b18-12-/t16-/m0/s1. The first-order valence-corrected chi connectivity index (χ1v) is 9.70. The minimum Gasteiger partial charge on any atom is -0.497 e. The van der Waals surface area contributed by atoms with Crippen LogP contribution in [0.2, 0.25) is 0 Å². The number of anilines is 2. The van der Waals surface area contributed by atoms with E-state index in [1.165, 1.54) is 11.3 Å². The van der Waals surface area contributed by atoms with Crippen molar-refractivity contribution in [3.8, 4) is 11.8 Å². The molecule has 0 spiro atoms. The Hall–Kier alpha value is -3.26. The highest BCUT2D eigenvalue weighted by Crippen LogP contribution is 2.42. The largest absolute Gasteiger partial charge is 0.497 e. The van der Waals surface area contributed by atoms with Gasteiger partial charge in [-0.2, -0.15) is 5.26 Å². The Morgan fingerprint density at radius 1 is 1.28 bits per heavy atom. The van der Waals surface area contributed by atoms with Gasteiger partial charge in [0.25, 0.3) is 5.91 Å². The van der Waals surface area contributed by atoms with E-state index >= 15 is 0 Å². The number of nitriles is 1. The first-order valence-electron chi connectivity index (χ1n) is 9.70. The third-order valence-electron chi connectivity index (χ3n) is 5.68. The second-order valence-electron chi connectivity index (χ2n) is 8.15. The summed E-state index contributed by atoms with van der Waals surface area (Å²) in [7, 11) is 3.70. The molecule has 0 radical (unpaired) electrons. The van der Waals surface area contributed by atoms with Crippen molar-refractivity contribution in [3.63, 3.8) is 0 Å². The van der Waals surface area contributed by atoms with E-state index in [2.05, 4.69) is 50.2 Å². The van der Waals surface area contributed by atoms with Crippen molar-refractivity contribution in [1.82, 2.24) is 0 Å². The zero-order valence-corrected chi connectivity index (χ0v) is 17.6. The van der Waals surface area contributed by atoms with E-state index in [1.54, 1.807) is 37.5 Å². The molecule has 0 aromatic heterocycles. The van der Waals surface area contributed by atoms with Gasteiger partial charge in [0.1, 0.15) is 17.4 Å². The Labute approximate surface area is 172 Å². The van der Waals surface area contributed by atoms with Gasteiger partial charge in [0.15, 0.2) is 0 Å². The van der Waals surface area contributed by atoms with Crippen molar-refractivity contribution in [2.75, 3.05) is 24.4 Å². The molecule has 0 saturated heterocycles. The summed E-state index contributed by atoms with van der Waals surface area (Å²) in [6.45, 7) is 6.72. The van der Waals surface area contributed by atoms with E-state index < -0.39 is 5.91 Å². The van der Waals surface area contributed by atoms with Crippen LogP contribution in [0.15, 0.2) is 48.0 Å². The molecule has 1 aliphatic rings. The highest BCUT2D eigenvalue weighted by molar-refractivity contribution is 6.09. The molecule has 0 saturated carbocycles. The van der Waals surface area contributed by atoms with Crippen molar-refractivity contribution < 1.29 is 9.53 Å². The van der Waals surface area contributed by atoms with Crippen molar-refractivity contribution >= 4 is 23.4 Å². The molecular weight excluding hydrogens is 362 g/mol. The molecule has 1 N–H and O–H groups in total. The highest BCUT2D eigenvalue weighted by atomic mass is 16.5. The number of hydrogen-bond donors (Lipinski definition) is 1. The fraction of sp³-hybridized carbons (Fsp3) is 0.333. The average Bonchev–Trinajstić information content (AvgIpc) is 2.70. The molecule has 0 aliphatic carbocycles. The number of carbonyl (C=O) groups excluding carboxylic acids is 1. The minimum absolute atomic E-state index is 0.0675. The van der Waals surface area contributed by atoms with Crippen LogP contribution in [0.5, 0.6) is 5.75 Å². The molecule has 3 rings (SSSR count). The predicted octanol–water partition coefficient (Wildman–Crippen LogP) is 4.96. The molecule has 2 aromatic carbocycles. The summed E-state index contributed by atoms with van der Waals surface area (Å²) in [4.78, 5) is 14.9. The van der Waals surface area contributed by atoms with Gasteiger partial charge in [-0.25, -0.2) is 0 Å². The lowest BCUT2D eigenvalue weighted by atomic mass is 9.80. The molecule has 0 bridgehead atoms. The summed E-state index contributed by atoms with van der Waals surface area (Å²) in [5, 5.41) is 12.3. The van der Waals surface area contributed by atoms with Crippen LogP contribution in [0, 0.1) is 11.3 Å². The topological polar surface area (TPSA) is 65.4 Å². The van der Waals surface area contributed by atoms with Crippen LogP contribution in [-0.2, 0) is 4.79 Å². The van der Waals surface area contributed by atoms with Crippen LogP contribution < -0.4 is 15.0 Å². The lowest BCUT2D eigenvalue weighted by molar-refractivity contribution is -0.112. The summed E-state index contributed by atoms with van der Waals surface area (Å²) in [6.07, 6.45) is 2.69. The van der Waals surface area contributed by atoms with E-state index in [0.29, 0.717) is 17.4 Å². The number of benzene rings is 2. The second-order valence-corrected chi connectivity index (χ2v) is 8.15. The second kappa shape index (κ2) is 8.00. The number of nitrogens with one attached hydrogen (secondary N) is 1. The molecule has 5 heteroatoms. The first kappa shape index (κ1) is 20.5. The summed E-state index contributed by atoms with van der Waals surface area (Å²) in [5.74, 6) is 0.681. The molecule has 5 nitrogen and oxygen atoms in total. The Balaban J connectivity index is 1.85. The van der Waals surface area contributed by atoms with E-state index in [0.717, 1.165) is 12.0 Å². The quantitative estimate of drug-likeness (QED) is 0.593. The van der Waals surface area contributed by atoms with Gasteiger partial charge in [0, 0.05) is 24.0 Å². The van der Waals surface area contributed by atoms with Gasteiger partial charge in [0.05, 0.1) is 7.11 Å². The molecule has 1 atom stereocenters. The van der Waals surface area contributed by atoms with Crippen LogP contribution in [0.25, 0.3) is 6.08 Å². The van der Waals surface area contributed by atoms with Gasteiger partial charge in [-0.3, -0.25) is 4.79 Å². The van der Waals surface area contributed by atoms with Crippen LogP contribution in [0.4, 0.5) is 11.4 Å². The molecule has 2 aromatic rings. The van der Waals surface area contributed by atoms with Crippen LogP contribution in [0.3, 0.4) is 0 Å². The van der Waals surface area contributed by atoms with Gasteiger partial charge in [-0.05, 0) is 79.8 Å². The van der Waals surface area contributed by atoms with Crippen LogP contribution in [0.1, 0.15) is 44.2 Å². The summed E-state index contributed by atoms with van der Waals surface area (Å²) in [5.41, 5.74) is 4.07. The molecule has 1 aliphatic heterocycles. The number of nitrogens with zero attached hydrogens (tertiary/aromatic N) is 2. The zero-order valence-electron chi connectivity index (χ0n) is 17.6. The highest BCUT2D eigenvalue weighted by Gasteiger charge is 2.33. The van der Waals surface area contributed by atoms with Crippen molar-refractivity contribution in [3.05, 3.63) is 59.2 Å². The number of hydrogen-bond acceptors (Lipinski definition) is 4. The van der Waals surface area contributed by atoms with Gasteiger partial charge in [-0.15, -0.1) is 0 Å². The van der Waals surface area contributed by atoms with Crippen molar-refractivity contribution in [2.24, 2.45) is 0 Å². The van der Waals surface area contributed by atoms with Crippen molar-refractivity contribution in [2.45, 2.75) is 38.6 Å². The molecule has 1 amide bonds. The molecule has 0 unspecified atom stereocenters. The van der Waals surface area contributed by atoms with E-state index in [-0.39, 0.29) is 11.1 Å². The fourth-order valence-corrected chi connectivity index (χ4v) is 3.87. The third kappa shape index (κ3) is 4.27. The Kier molecular flexibility index (Phi) is 5.65. The third-order valence-corrected chi connectivity index (χ3v) is 5.68. The lowest BCUT2D eigenvalue weighted by Gasteiger charge is -2.45. The number of rotatable bonds is 4. The maximum absolute atomic E-state index is 12.6. The smallest absolute Gasteiger partial charge is 0.266 e. The first-order chi connectivity index (χ1) is 13.7. The summed E-state index contributed by atoms with van der Waals surface area (Å²) >= 11 is 0. The van der Waals surface area contributed by atoms with Crippen LogP contribution in [-0.4, -0.2) is 25.6 Å². The molecular formula is C24H27N3O2. The predicted molar refractivity (Wildman–Crippen MR) is 117 cm³/mol. The number of ether oxygens (including phenoxy) is 1. The SMILES string of the molecule is COc1ccc(NC(=O)/C(C#N)=C\c2ccc3c(c2)[C@@H](C)CC(C)(C)N3C)cc1. The summed E-state index contributed by atoms with van der Waals surface area (Å²) in [6, 6.07) is 15.1. The van der Waals surface area contributed by atoms with E-state index in [4.69, 9.17) is 4.74 Å². The van der Waals surface area contributed by atoms with E-state index in [1.807, 2.05) is 12.1 Å². The number of carbonyl (C=O) groups is 1. The number of methoxy groups -OCH3 is 1. The van der Waals surface area contributed by atoms with Crippen LogP contribution >= 0.6 is 0 Å². The minimum atomic E-state index is -0.429. The zero-order chi connectivity index (χ0) is 21.2. The van der Waals surface area contributed by atoms with Gasteiger partial charge < -0.3 is 15.0 Å². The monoisotopic (exact) mass is 389 g/mol. The van der Waals surface area contributed by atoms with E-state index in [9.17, 15) is 10.1 Å². The Morgan fingerprint density at radius 3 is 2.59 bits per heavy atom.